The molecule has 2 aromatic carbocycles. The van der Waals surface area contributed by atoms with Gasteiger partial charge in [0, 0.05) is 5.41 Å². The van der Waals surface area contributed by atoms with Gasteiger partial charge >= 0.3 is 0 Å². The summed E-state index contributed by atoms with van der Waals surface area (Å²) in [7, 11) is 0. The lowest BCUT2D eigenvalue weighted by atomic mass is 9.74. The Labute approximate surface area is 155 Å². The van der Waals surface area contributed by atoms with E-state index in [1.165, 1.54) is 44.5 Å². The van der Waals surface area contributed by atoms with Gasteiger partial charge in [-0.2, -0.15) is 0 Å². The van der Waals surface area contributed by atoms with Gasteiger partial charge in [0.1, 0.15) is 0 Å². The van der Waals surface area contributed by atoms with E-state index in [0.29, 0.717) is 11.8 Å². The van der Waals surface area contributed by atoms with Gasteiger partial charge in [-0.3, -0.25) is 0 Å². The summed E-state index contributed by atoms with van der Waals surface area (Å²) in [6, 6.07) is 9.62. The van der Waals surface area contributed by atoms with Crippen LogP contribution in [0.4, 0.5) is 0 Å². The second-order valence-corrected chi connectivity index (χ2v) is 8.98. The second kappa shape index (κ2) is 6.98. The summed E-state index contributed by atoms with van der Waals surface area (Å²) in [5.74, 6) is 1.15. The van der Waals surface area contributed by atoms with Gasteiger partial charge in [-0.25, -0.2) is 0 Å². The van der Waals surface area contributed by atoms with Crippen LogP contribution in [-0.4, -0.2) is 0 Å². The lowest BCUT2D eigenvalue weighted by Crippen LogP contribution is -2.21. The van der Waals surface area contributed by atoms with Crippen molar-refractivity contribution in [2.75, 3.05) is 0 Å². The average Bonchev–Trinajstić information content (AvgIpc) is 2.44. The number of aryl methyl sites for hydroxylation is 4. The third kappa shape index (κ3) is 3.68. The fourth-order valence-electron chi connectivity index (χ4n) is 4.66. The molecular weight excluding hydrogens is 300 g/mol. The summed E-state index contributed by atoms with van der Waals surface area (Å²) in [5.41, 5.74) is 11.5. The third-order valence-corrected chi connectivity index (χ3v) is 5.79. The maximum atomic E-state index is 2.41. The molecule has 0 heteroatoms. The minimum absolute atomic E-state index is 0.00998. The van der Waals surface area contributed by atoms with Gasteiger partial charge < -0.3 is 0 Å². The molecule has 0 amide bonds. The number of hydrogen-bond acceptors (Lipinski definition) is 0. The maximum Gasteiger partial charge on any atom is 0.0146 e. The van der Waals surface area contributed by atoms with E-state index in [0.717, 1.165) is 0 Å². The Morgan fingerprint density at radius 1 is 0.560 bits per heavy atom. The molecule has 0 aromatic heterocycles. The fourth-order valence-corrected chi connectivity index (χ4v) is 4.66. The third-order valence-electron chi connectivity index (χ3n) is 5.79. The van der Waals surface area contributed by atoms with Crippen LogP contribution in [0.3, 0.4) is 0 Å². The van der Waals surface area contributed by atoms with Crippen molar-refractivity contribution in [2.45, 2.75) is 86.5 Å². The molecule has 0 atom stereocenters. The van der Waals surface area contributed by atoms with Crippen LogP contribution < -0.4 is 0 Å². The van der Waals surface area contributed by atoms with Crippen molar-refractivity contribution in [1.29, 1.82) is 0 Å². The standard InChI is InChI=1S/C25H36/c1-15(2)23-17(5)11-21(12-18(23)6)25(9,10)22-13-19(7)24(16(3)4)20(8)14-22/h11-16H,1-10H3. The monoisotopic (exact) mass is 336 g/mol. The largest absolute Gasteiger partial charge is 0.0587 e. The van der Waals surface area contributed by atoms with Gasteiger partial charge in [-0.15, -0.1) is 0 Å². The Bertz CT molecular complexity index is 661. The summed E-state index contributed by atoms with van der Waals surface area (Å²) in [6.07, 6.45) is 0. The summed E-state index contributed by atoms with van der Waals surface area (Å²) >= 11 is 0. The van der Waals surface area contributed by atoms with Gasteiger partial charge in [0.15, 0.2) is 0 Å². The van der Waals surface area contributed by atoms with Crippen molar-refractivity contribution >= 4 is 0 Å². The van der Waals surface area contributed by atoms with Crippen molar-refractivity contribution in [3.8, 4) is 0 Å². The van der Waals surface area contributed by atoms with E-state index in [-0.39, 0.29) is 5.41 Å². The Balaban J connectivity index is 2.60. The van der Waals surface area contributed by atoms with Gasteiger partial charge in [0.25, 0.3) is 0 Å². The van der Waals surface area contributed by atoms with Crippen molar-refractivity contribution < 1.29 is 0 Å². The fraction of sp³-hybridized carbons (Fsp3) is 0.520. The van der Waals surface area contributed by atoms with Crippen molar-refractivity contribution in [3.05, 3.63) is 68.8 Å². The molecule has 0 radical (unpaired) electrons. The molecule has 0 heterocycles. The zero-order chi connectivity index (χ0) is 19.1. The number of rotatable bonds is 4. The lowest BCUT2D eigenvalue weighted by Gasteiger charge is -2.30. The Kier molecular flexibility index (Phi) is 5.52. The van der Waals surface area contributed by atoms with Crippen LogP contribution in [0.15, 0.2) is 24.3 Å². The summed E-state index contributed by atoms with van der Waals surface area (Å²) in [4.78, 5) is 0. The molecule has 0 bridgehead atoms. The van der Waals surface area contributed by atoms with Gasteiger partial charge in [0.2, 0.25) is 0 Å². The molecule has 0 nitrogen and oxygen atoms in total. The first-order chi connectivity index (χ1) is 11.5. The zero-order valence-electron chi connectivity index (χ0n) is 18.0. The Hall–Kier alpha value is -1.56. The molecule has 25 heavy (non-hydrogen) atoms. The number of benzene rings is 2. The summed E-state index contributed by atoms with van der Waals surface area (Å²) < 4.78 is 0. The number of hydrogen-bond donors (Lipinski definition) is 0. The van der Waals surface area contributed by atoms with E-state index in [2.05, 4.69) is 93.5 Å². The van der Waals surface area contributed by atoms with Crippen molar-refractivity contribution in [3.63, 3.8) is 0 Å². The normalized spacial score (nSPS) is 12.3. The Morgan fingerprint density at radius 2 is 0.800 bits per heavy atom. The molecule has 0 aliphatic carbocycles. The minimum Gasteiger partial charge on any atom is -0.0587 e. The molecule has 136 valence electrons. The lowest BCUT2D eigenvalue weighted by molar-refractivity contribution is 0.635. The predicted molar refractivity (Wildman–Crippen MR) is 112 cm³/mol. The van der Waals surface area contributed by atoms with Crippen LogP contribution >= 0.6 is 0 Å². The predicted octanol–water partition coefficient (Wildman–Crippen LogP) is 7.49. The van der Waals surface area contributed by atoms with Crippen LogP contribution in [0.2, 0.25) is 0 Å². The quantitative estimate of drug-likeness (QED) is 0.542. The highest BCUT2D eigenvalue weighted by Gasteiger charge is 2.26. The highest BCUT2D eigenvalue weighted by Crippen LogP contribution is 2.37. The summed E-state index contributed by atoms with van der Waals surface area (Å²) in [6.45, 7) is 22.9. The molecule has 0 aliphatic heterocycles. The topological polar surface area (TPSA) is 0 Å². The molecule has 0 fully saturated rings. The molecule has 2 aromatic rings. The van der Waals surface area contributed by atoms with Crippen LogP contribution in [-0.2, 0) is 5.41 Å². The van der Waals surface area contributed by atoms with Crippen LogP contribution in [0.5, 0.6) is 0 Å². The van der Waals surface area contributed by atoms with Crippen molar-refractivity contribution in [2.24, 2.45) is 0 Å². The van der Waals surface area contributed by atoms with E-state index in [1.54, 1.807) is 0 Å². The molecule has 0 aliphatic rings. The molecule has 2 rings (SSSR count). The molecule has 0 unspecified atom stereocenters. The first kappa shape index (κ1) is 19.8. The van der Waals surface area contributed by atoms with Gasteiger partial charge in [-0.05, 0) is 84.0 Å². The van der Waals surface area contributed by atoms with E-state index in [9.17, 15) is 0 Å². The maximum absolute atomic E-state index is 2.41. The second-order valence-electron chi connectivity index (χ2n) is 8.98. The molecule has 0 saturated heterocycles. The Morgan fingerprint density at radius 3 is 1.00 bits per heavy atom. The van der Waals surface area contributed by atoms with E-state index < -0.39 is 0 Å². The van der Waals surface area contributed by atoms with Gasteiger partial charge in [-0.1, -0.05) is 65.8 Å². The van der Waals surface area contributed by atoms with Gasteiger partial charge in [0.05, 0.1) is 0 Å². The van der Waals surface area contributed by atoms with E-state index >= 15 is 0 Å². The molecule has 0 N–H and O–H groups in total. The first-order valence-corrected chi connectivity index (χ1v) is 9.70. The van der Waals surface area contributed by atoms with Crippen LogP contribution in [0.25, 0.3) is 0 Å². The summed E-state index contributed by atoms with van der Waals surface area (Å²) in [5, 5.41) is 0. The molecule has 0 spiro atoms. The zero-order valence-corrected chi connectivity index (χ0v) is 18.0. The van der Waals surface area contributed by atoms with Crippen LogP contribution in [0, 0.1) is 27.7 Å². The smallest absolute Gasteiger partial charge is 0.0146 e. The van der Waals surface area contributed by atoms with E-state index in [4.69, 9.17) is 0 Å². The van der Waals surface area contributed by atoms with E-state index in [1.807, 2.05) is 0 Å². The highest BCUT2D eigenvalue weighted by molar-refractivity contribution is 5.49. The minimum atomic E-state index is 0.00998. The van der Waals surface area contributed by atoms with Crippen molar-refractivity contribution in [1.82, 2.24) is 0 Å². The average molecular weight is 337 g/mol. The SMILES string of the molecule is Cc1cc(C(C)(C)c2cc(C)c(C(C)C)c(C)c2)cc(C)c1C(C)C. The highest BCUT2D eigenvalue weighted by atomic mass is 14.3. The molecule has 0 saturated carbocycles. The molecular formula is C25H36. The first-order valence-electron chi connectivity index (χ1n) is 9.70. The van der Waals surface area contributed by atoms with Crippen LogP contribution in [0.1, 0.15) is 97.9 Å².